The van der Waals surface area contributed by atoms with Crippen LogP contribution in [0.5, 0.6) is 5.75 Å². The maximum Gasteiger partial charge on any atom is 0.313 e. The lowest BCUT2D eigenvalue weighted by Gasteiger charge is -2.37. The first-order valence-electron chi connectivity index (χ1n) is 17.6. The van der Waals surface area contributed by atoms with Gasteiger partial charge in [0.25, 0.3) is 5.91 Å². The normalized spacial score (nSPS) is 25.6. The third-order valence-electron chi connectivity index (χ3n) is 10.1. The van der Waals surface area contributed by atoms with Crippen LogP contribution in [-0.4, -0.2) is 103 Å². The number of rotatable bonds is 19. The Hall–Kier alpha value is -4.04. The number of amides is 3. The van der Waals surface area contributed by atoms with Crippen LogP contribution in [0.15, 0.2) is 79.9 Å². The van der Waals surface area contributed by atoms with Crippen LogP contribution in [0.3, 0.4) is 0 Å². The Kier molecular flexibility index (Phi) is 13.3. The Morgan fingerprint density at radius 3 is 2.48 bits per heavy atom. The van der Waals surface area contributed by atoms with Crippen LogP contribution in [0.2, 0.25) is 0 Å². The molecule has 1 spiro atoms. The van der Waals surface area contributed by atoms with Gasteiger partial charge in [-0.1, -0.05) is 58.4 Å². The number of likely N-dealkylation sites (tertiary alicyclic amines) is 1. The Balaban J connectivity index is 1.51. The zero-order valence-corrected chi connectivity index (χ0v) is 31.2. The molecule has 3 aliphatic rings. The first-order chi connectivity index (χ1) is 25.1. The highest BCUT2D eigenvalue weighted by atomic mass is 79.9. The lowest BCUT2D eigenvalue weighted by atomic mass is 9.70. The number of unbranched alkanes of at least 4 members (excludes halogenated alkanes) is 1. The molecular formula is C39H48BrN3O9. The summed E-state index contributed by atoms with van der Waals surface area (Å²) in [6, 6.07) is 14.3. The highest BCUT2D eigenvalue weighted by molar-refractivity contribution is 9.09. The molecule has 1 unspecified atom stereocenters. The number of nitrogens with one attached hydrogen (secondary N) is 1. The molecule has 3 aliphatic heterocycles. The number of nitrogens with zero attached hydrogens (tertiary/aromatic N) is 2. The zero-order chi connectivity index (χ0) is 37.4. The molecule has 5 rings (SSSR count). The molecule has 2 N–H and O–H groups in total. The predicted octanol–water partition coefficient (Wildman–Crippen LogP) is 4.12. The Bertz CT molecular complexity index is 1590. The smallest absolute Gasteiger partial charge is 0.313 e. The highest BCUT2D eigenvalue weighted by Gasteiger charge is 2.77. The fourth-order valence-electron chi connectivity index (χ4n) is 7.80. The van der Waals surface area contributed by atoms with Crippen LogP contribution < -0.4 is 15.0 Å². The predicted molar refractivity (Wildman–Crippen MR) is 198 cm³/mol. The fourth-order valence-corrected chi connectivity index (χ4v) is 8.74. The summed E-state index contributed by atoms with van der Waals surface area (Å²) in [5, 5.41) is 12.5. The number of ether oxygens (including phenoxy) is 4. The Labute approximate surface area is 313 Å². The van der Waals surface area contributed by atoms with Gasteiger partial charge in [-0.15, -0.1) is 13.2 Å². The van der Waals surface area contributed by atoms with Crippen molar-refractivity contribution in [2.45, 2.75) is 66.8 Å². The van der Waals surface area contributed by atoms with Crippen molar-refractivity contribution in [3.05, 3.63) is 85.5 Å². The lowest BCUT2D eigenvalue weighted by molar-refractivity contribution is -0.163. The minimum absolute atomic E-state index is 0.0460. The van der Waals surface area contributed by atoms with Crippen LogP contribution in [-0.2, 0) is 33.4 Å². The molecule has 3 saturated heterocycles. The van der Waals surface area contributed by atoms with Crippen molar-refractivity contribution in [2.75, 3.05) is 45.4 Å². The molecule has 2 aromatic carbocycles. The largest absolute Gasteiger partial charge is 0.497 e. The van der Waals surface area contributed by atoms with E-state index in [2.05, 4.69) is 34.4 Å². The summed E-state index contributed by atoms with van der Waals surface area (Å²) in [5.41, 5.74) is -0.126. The summed E-state index contributed by atoms with van der Waals surface area (Å²) >= 11 is 3.73. The molecule has 0 radical (unpaired) electrons. The number of allylic oxidation sites excluding steroid dienone is 1. The molecule has 0 aromatic heterocycles. The Morgan fingerprint density at radius 1 is 1.12 bits per heavy atom. The minimum Gasteiger partial charge on any atom is -0.497 e. The summed E-state index contributed by atoms with van der Waals surface area (Å²) in [7, 11) is 3.05. The standard InChI is InChI=1S/C39H48BrN3O9/c1-5-7-15-30(45)41-29(24-49-3)33(25-13-9-8-10-14-25)51-38(48)31-32-36(46)43(21-11-12-22-44)35(39(32)23-28(40)34(31)52-39)37(47)42(20-6-2)26-16-18-27(50-4)19-17-26/h5-6,8-10,13-14,16-19,28-29,31-35,44H,1-2,7,11-12,15,20-24H2,3-4H3,(H,41,45)/t28?,29-,31+,32-,33-,34+,35+,39-/m0/s1. The van der Waals surface area contributed by atoms with Gasteiger partial charge in [-0.25, -0.2) is 0 Å². The average Bonchev–Trinajstić information content (AvgIpc) is 3.75. The van der Waals surface area contributed by atoms with Gasteiger partial charge >= 0.3 is 5.97 Å². The van der Waals surface area contributed by atoms with Gasteiger partial charge in [-0.05, 0) is 55.5 Å². The number of hydrogen-bond acceptors (Lipinski definition) is 9. The number of aliphatic hydroxyl groups is 1. The molecule has 2 aromatic rings. The maximum atomic E-state index is 14.8. The molecule has 0 saturated carbocycles. The van der Waals surface area contributed by atoms with Crippen LogP contribution in [0.25, 0.3) is 0 Å². The molecule has 3 fully saturated rings. The second kappa shape index (κ2) is 17.7. The van der Waals surface area contributed by atoms with Crippen molar-refractivity contribution in [3.8, 4) is 5.75 Å². The van der Waals surface area contributed by atoms with Gasteiger partial charge in [0, 0.05) is 43.7 Å². The van der Waals surface area contributed by atoms with E-state index in [1.54, 1.807) is 60.6 Å². The number of methoxy groups -OCH3 is 2. The van der Waals surface area contributed by atoms with Gasteiger partial charge in [0.15, 0.2) is 0 Å². The van der Waals surface area contributed by atoms with Gasteiger partial charge in [0.2, 0.25) is 11.8 Å². The van der Waals surface area contributed by atoms with Crippen LogP contribution >= 0.6 is 15.9 Å². The van der Waals surface area contributed by atoms with Crippen LogP contribution in [0.1, 0.15) is 43.8 Å². The molecule has 52 heavy (non-hydrogen) atoms. The van der Waals surface area contributed by atoms with Crippen molar-refractivity contribution in [1.82, 2.24) is 10.2 Å². The van der Waals surface area contributed by atoms with E-state index in [0.717, 1.165) is 0 Å². The highest BCUT2D eigenvalue weighted by Crippen LogP contribution is 2.60. The number of aliphatic hydroxyl groups excluding tert-OH is 1. The molecule has 12 nitrogen and oxygen atoms in total. The number of esters is 1. The van der Waals surface area contributed by atoms with Crippen molar-refractivity contribution >= 4 is 45.3 Å². The molecule has 8 atom stereocenters. The monoisotopic (exact) mass is 781 g/mol. The van der Waals surface area contributed by atoms with E-state index in [4.69, 9.17) is 18.9 Å². The second-order valence-corrected chi connectivity index (χ2v) is 14.5. The topological polar surface area (TPSA) is 144 Å². The van der Waals surface area contributed by atoms with E-state index in [0.29, 0.717) is 42.7 Å². The molecule has 0 aliphatic carbocycles. The molecule has 2 bridgehead atoms. The van der Waals surface area contributed by atoms with Crippen molar-refractivity contribution in [1.29, 1.82) is 0 Å². The third kappa shape index (κ3) is 7.83. The molecule has 3 heterocycles. The SMILES string of the molecule is C=CCCC(=O)N[C@@H](COC)[C@@H](OC(=O)[C@H]1[C@@H]2O[C@@]3(CC2Br)[C@@H]1C(=O)N(CCCCO)[C@@H]3C(=O)N(CC=C)c1ccc(OC)cc1)c1ccccc1. The third-order valence-corrected chi connectivity index (χ3v) is 10.9. The van der Waals surface area contributed by atoms with E-state index >= 15 is 0 Å². The number of carbonyl (C=O) groups excluding carboxylic acids is 4. The van der Waals surface area contributed by atoms with Crippen molar-refractivity contribution in [3.63, 3.8) is 0 Å². The quantitative estimate of drug-likeness (QED) is 0.0932. The first kappa shape index (κ1) is 39.2. The number of alkyl halides is 1. The molecule has 3 amide bonds. The summed E-state index contributed by atoms with van der Waals surface area (Å²) in [4.78, 5) is 59.6. The van der Waals surface area contributed by atoms with Gasteiger partial charge in [-0.3, -0.25) is 19.2 Å². The maximum absolute atomic E-state index is 14.8. The number of hydrogen-bond donors (Lipinski definition) is 2. The van der Waals surface area contributed by atoms with E-state index < -0.39 is 47.7 Å². The first-order valence-corrected chi connectivity index (χ1v) is 18.5. The molecular weight excluding hydrogens is 734 g/mol. The number of carbonyl (C=O) groups is 4. The number of halogens is 1. The van der Waals surface area contributed by atoms with Crippen LogP contribution in [0.4, 0.5) is 5.69 Å². The number of benzene rings is 2. The van der Waals surface area contributed by atoms with Gasteiger partial charge in [0.05, 0.1) is 37.7 Å². The lowest BCUT2D eigenvalue weighted by Crippen LogP contribution is -2.57. The minimum atomic E-state index is -1.34. The van der Waals surface area contributed by atoms with Gasteiger partial charge in [-0.2, -0.15) is 0 Å². The van der Waals surface area contributed by atoms with Crippen molar-refractivity contribution in [2.24, 2.45) is 11.8 Å². The van der Waals surface area contributed by atoms with E-state index in [1.165, 1.54) is 12.0 Å². The van der Waals surface area contributed by atoms with Crippen molar-refractivity contribution < 1.29 is 43.2 Å². The van der Waals surface area contributed by atoms with Crippen LogP contribution in [0, 0.1) is 11.8 Å². The molecule has 13 heteroatoms. The number of anilines is 1. The summed E-state index contributed by atoms with van der Waals surface area (Å²) < 4.78 is 23.8. The summed E-state index contributed by atoms with van der Waals surface area (Å²) in [6.45, 7) is 7.87. The summed E-state index contributed by atoms with van der Waals surface area (Å²) in [5.74, 6) is -3.13. The van der Waals surface area contributed by atoms with E-state index in [-0.39, 0.29) is 55.3 Å². The van der Waals surface area contributed by atoms with E-state index in [1.807, 2.05) is 18.2 Å². The van der Waals surface area contributed by atoms with Gasteiger partial charge in [0.1, 0.15) is 23.5 Å². The zero-order valence-electron chi connectivity index (χ0n) is 29.7. The van der Waals surface area contributed by atoms with Gasteiger partial charge < -0.3 is 39.2 Å². The average molecular weight is 783 g/mol. The van der Waals surface area contributed by atoms with E-state index in [9.17, 15) is 24.3 Å². The fraction of sp³-hybridized carbons (Fsp3) is 0.487. The second-order valence-electron chi connectivity index (χ2n) is 13.3. The Morgan fingerprint density at radius 2 is 1.85 bits per heavy atom. The molecule has 280 valence electrons. The summed E-state index contributed by atoms with van der Waals surface area (Å²) in [6.07, 6.45) is 3.38. The number of fused-ring (bicyclic) bond motifs is 1.